The average Bonchev–Trinajstić information content (AvgIpc) is 2.26. The Morgan fingerprint density at radius 2 is 2.07 bits per heavy atom. The minimum absolute atomic E-state index is 0.175. The van der Waals surface area contributed by atoms with Crippen LogP contribution in [0.2, 0.25) is 0 Å². The van der Waals surface area contributed by atoms with Crippen molar-refractivity contribution in [1.82, 2.24) is 4.90 Å². The van der Waals surface area contributed by atoms with Crippen LogP contribution < -0.4 is 0 Å². The van der Waals surface area contributed by atoms with Gasteiger partial charge in [-0.25, -0.2) is 0 Å². The summed E-state index contributed by atoms with van der Waals surface area (Å²) in [6, 6.07) is 2.62. The standard InChI is InChI=1S/C11H20N2S/c1-2-14-9-6-11(10-12)13-7-4-3-5-8-13/h11H,2-9H2,1H3. The summed E-state index contributed by atoms with van der Waals surface area (Å²) in [5.41, 5.74) is 0. The Hall–Kier alpha value is -0.200. The number of hydrogen-bond donors (Lipinski definition) is 0. The number of rotatable bonds is 5. The lowest BCUT2D eigenvalue weighted by molar-refractivity contribution is 0.192. The molecule has 1 rings (SSSR count). The fraction of sp³-hybridized carbons (Fsp3) is 0.909. The van der Waals surface area contributed by atoms with Crippen LogP contribution in [0.1, 0.15) is 32.6 Å². The predicted molar refractivity (Wildman–Crippen MR) is 62.4 cm³/mol. The molecule has 0 aliphatic carbocycles. The molecule has 1 unspecified atom stereocenters. The molecule has 0 saturated carbocycles. The molecule has 3 heteroatoms. The summed E-state index contributed by atoms with van der Waals surface area (Å²) in [5.74, 6) is 2.30. The molecule has 1 atom stereocenters. The fourth-order valence-electron chi connectivity index (χ4n) is 1.90. The van der Waals surface area contributed by atoms with Crippen molar-refractivity contribution >= 4 is 11.8 Å². The first-order valence-corrected chi connectivity index (χ1v) is 6.75. The van der Waals surface area contributed by atoms with Crippen LogP contribution in [0.4, 0.5) is 0 Å². The van der Waals surface area contributed by atoms with E-state index in [0.29, 0.717) is 0 Å². The Morgan fingerprint density at radius 3 is 2.64 bits per heavy atom. The van der Waals surface area contributed by atoms with E-state index in [0.717, 1.165) is 31.0 Å². The van der Waals surface area contributed by atoms with Crippen LogP contribution >= 0.6 is 11.8 Å². The van der Waals surface area contributed by atoms with Gasteiger partial charge in [-0.1, -0.05) is 13.3 Å². The third-order valence-corrected chi connectivity index (χ3v) is 3.65. The van der Waals surface area contributed by atoms with Crippen molar-refractivity contribution in [1.29, 1.82) is 5.26 Å². The van der Waals surface area contributed by atoms with Gasteiger partial charge in [-0.15, -0.1) is 0 Å². The fourth-order valence-corrected chi connectivity index (χ4v) is 2.58. The van der Waals surface area contributed by atoms with Gasteiger partial charge in [-0.2, -0.15) is 17.0 Å². The first-order valence-electron chi connectivity index (χ1n) is 5.60. The zero-order chi connectivity index (χ0) is 10.2. The highest BCUT2D eigenvalue weighted by Gasteiger charge is 2.19. The van der Waals surface area contributed by atoms with Crippen LogP contribution in [0.25, 0.3) is 0 Å². The number of nitriles is 1. The molecule has 1 aliphatic rings. The van der Waals surface area contributed by atoms with Crippen molar-refractivity contribution in [2.24, 2.45) is 0 Å². The van der Waals surface area contributed by atoms with E-state index >= 15 is 0 Å². The topological polar surface area (TPSA) is 27.0 Å². The molecule has 1 heterocycles. The van der Waals surface area contributed by atoms with Gasteiger partial charge in [0.15, 0.2) is 0 Å². The molecule has 14 heavy (non-hydrogen) atoms. The quantitative estimate of drug-likeness (QED) is 0.655. The zero-order valence-corrected chi connectivity index (χ0v) is 9.85. The molecule has 1 saturated heterocycles. The van der Waals surface area contributed by atoms with E-state index in [1.165, 1.54) is 19.3 Å². The summed E-state index contributed by atoms with van der Waals surface area (Å²) in [7, 11) is 0. The largest absolute Gasteiger partial charge is 0.288 e. The summed E-state index contributed by atoms with van der Waals surface area (Å²) in [4.78, 5) is 2.36. The smallest absolute Gasteiger partial charge is 0.0985 e. The van der Waals surface area contributed by atoms with E-state index in [1.807, 2.05) is 11.8 Å². The maximum Gasteiger partial charge on any atom is 0.0985 e. The van der Waals surface area contributed by atoms with E-state index in [1.54, 1.807) is 0 Å². The second-order valence-corrected chi connectivity index (χ2v) is 5.12. The van der Waals surface area contributed by atoms with Crippen molar-refractivity contribution in [2.75, 3.05) is 24.6 Å². The second kappa shape index (κ2) is 7.14. The van der Waals surface area contributed by atoms with Crippen molar-refractivity contribution < 1.29 is 0 Å². The molecule has 0 radical (unpaired) electrons. The maximum atomic E-state index is 9.08. The summed E-state index contributed by atoms with van der Waals surface area (Å²) >= 11 is 1.94. The normalized spacial score (nSPS) is 20.3. The second-order valence-electron chi connectivity index (χ2n) is 3.73. The summed E-state index contributed by atoms with van der Waals surface area (Å²) in [5, 5.41) is 9.08. The van der Waals surface area contributed by atoms with Gasteiger partial charge < -0.3 is 0 Å². The minimum atomic E-state index is 0.175. The molecule has 1 fully saturated rings. The highest BCUT2D eigenvalue weighted by molar-refractivity contribution is 7.99. The molecule has 0 amide bonds. The molecule has 0 aromatic carbocycles. The van der Waals surface area contributed by atoms with E-state index in [-0.39, 0.29) is 6.04 Å². The van der Waals surface area contributed by atoms with Gasteiger partial charge in [0.25, 0.3) is 0 Å². The third kappa shape index (κ3) is 3.89. The van der Waals surface area contributed by atoms with Crippen LogP contribution in [0.3, 0.4) is 0 Å². The Morgan fingerprint density at radius 1 is 1.36 bits per heavy atom. The SMILES string of the molecule is CCSCCC(C#N)N1CCCCC1. The molecule has 80 valence electrons. The lowest BCUT2D eigenvalue weighted by atomic mass is 10.1. The lowest BCUT2D eigenvalue weighted by Crippen LogP contribution is -2.38. The summed E-state index contributed by atoms with van der Waals surface area (Å²) < 4.78 is 0. The molecule has 0 spiro atoms. The summed E-state index contributed by atoms with van der Waals surface area (Å²) in [6.45, 7) is 4.44. The van der Waals surface area contributed by atoms with Gasteiger partial charge in [-0.05, 0) is 43.9 Å². The Labute approximate surface area is 91.7 Å². The van der Waals surface area contributed by atoms with Crippen molar-refractivity contribution in [3.63, 3.8) is 0 Å². The monoisotopic (exact) mass is 212 g/mol. The zero-order valence-electron chi connectivity index (χ0n) is 9.04. The van der Waals surface area contributed by atoms with Crippen molar-refractivity contribution in [3.8, 4) is 6.07 Å². The van der Waals surface area contributed by atoms with Gasteiger partial charge in [0.05, 0.1) is 12.1 Å². The van der Waals surface area contributed by atoms with Gasteiger partial charge in [0.1, 0.15) is 0 Å². The van der Waals surface area contributed by atoms with Gasteiger partial charge in [0.2, 0.25) is 0 Å². The molecule has 2 nitrogen and oxygen atoms in total. The molecule has 1 aliphatic heterocycles. The first-order chi connectivity index (χ1) is 6.88. The highest BCUT2D eigenvalue weighted by atomic mass is 32.2. The molecule has 0 N–H and O–H groups in total. The van der Waals surface area contributed by atoms with Crippen LogP contribution in [0, 0.1) is 11.3 Å². The minimum Gasteiger partial charge on any atom is -0.288 e. The van der Waals surface area contributed by atoms with E-state index in [4.69, 9.17) is 5.26 Å². The van der Waals surface area contributed by atoms with Gasteiger partial charge in [0, 0.05) is 0 Å². The number of hydrogen-bond acceptors (Lipinski definition) is 3. The van der Waals surface area contributed by atoms with Crippen LogP contribution in [0.5, 0.6) is 0 Å². The van der Waals surface area contributed by atoms with Crippen LogP contribution in [0.15, 0.2) is 0 Å². The van der Waals surface area contributed by atoms with E-state index in [9.17, 15) is 0 Å². The number of piperidine rings is 1. The van der Waals surface area contributed by atoms with Gasteiger partial charge in [-0.3, -0.25) is 4.90 Å². The Balaban J connectivity index is 2.25. The lowest BCUT2D eigenvalue weighted by Gasteiger charge is -2.30. The van der Waals surface area contributed by atoms with E-state index in [2.05, 4.69) is 17.9 Å². The highest BCUT2D eigenvalue weighted by Crippen LogP contribution is 2.15. The van der Waals surface area contributed by atoms with Crippen molar-refractivity contribution in [3.05, 3.63) is 0 Å². The summed E-state index contributed by atoms with van der Waals surface area (Å²) in [6.07, 6.45) is 4.94. The Kier molecular flexibility index (Phi) is 6.05. The Bertz CT molecular complexity index is 182. The molecule has 0 aromatic rings. The molecule has 0 aromatic heterocycles. The number of nitrogens with zero attached hydrogens (tertiary/aromatic N) is 2. The average molecular weight is 212 g/mol. The number of thioether (sulfide) groups is 1. The predicted octanol–water partition coefficient (Wildman–Crippen LogP) is 2.51. The number of likely N-dealkylation sites (tertiary alicyclic amines) is 1. The molecular weight excluding hydrogens is 192 g/mol. The van der Waals surface area contributed by atoms with Crippen LogP contribution in [-0.2, 0) is 0 Å². The van der Waals surface area contributed by atoms with Gasteiger partial charge >= 0.3 is 0 Å². The third-order valence-electron chi connectivity index (χ3n) is 2.72. The van der Waals surface area contributed by atoms with Crippen LogP contribution in [-0.4, -0.2) is 35.5 Å². The molecule has 0 bridgehead atoms. The van der Waals surface area contributed by atoms with Crippen molar-refractivity contribution in [2.45, 2.75) is 38.6 Å². The molecular formula is C11H20N2S. The van der Waals surface area contributed by atoms with E-state index < -0.39 is 0 Å². The first kappa shape index (κ1) is 11.9. The maximum absolute atomic E-state index is 9.08.